The van der Waals surface area contributed by atoms with Gasteiger partial charge in [-0.25, -0.2) is 9.97 Å². The SMILES string of the molecule is CCNc1ncnc(C2=CCC(C)CC2)c1C. The first-order valence-corrected chi connectivity index (χ1v) is 6.47. The van der Waals surface area contributed by atoms with Gasteiger partial charge in [-0.2, -0.15) is 0 Å². The van der Waals surface area contributed by atoms with Crippen LogP contribution in [0, 0.1) is 12.8 Å². The van der Waals surface area contributed by atoms with Gasteiger partial charge in [0.05, 0.1) is 5.69 Å². The summed E-state index contributed by atoms with van der Waals surface area (Å²) >= 11 is 0. The Morgan fingerprint density at radius 2 is 2.24 bits per heavy atom. The maximum Gasteiger partial charge on any atom is 0.132 e. The average molecular weight is 231 g/mol. The highest BCUT2D eigenvalue weighted by molar-refractivity contribution is 5.69. The number of aromatic nitrogens is 2. The fraction of sp³-hybridized carbons (Fsp3) is 0.571. The van der Waals surface area contributed by atoms with Crippen molar-refractivity contribution in [3.63, 3.8) is 0 Å². The van der Waals surface area contributed by atoms with E-state index in [-0.39, 0.29) is 0 Å². The first kappa shape index (κ1) is 12.1. The minimum Gasteiger partial charge on any atom is -0.370 e. The Labute approximate surface area is 103 Å². The molecule has 0 bridgehead atoms. The summed E-state index contributed by atoms with van der Waals surface area (Å²) in [6.07, 6.45) is 7.60. The summed E-state index contributed by atoms with van der Waals surface area (Å²) in [6.45, 7) is 7.40. The van der Waals surface area contributed by atoms with Gasteiger partial charge in [0.25, 0.3) is 0 Å². The van der Waals surface area contributed by atoms with Crippen molar-refractivity contribution in [1.82, 2.24) is 9.97 Å². The summed E-state index contributed by atoms with van der Waals surface area (Å²) < 4.78 is 0. The second kappa shape index (κ2) is 5.30. The summed E-state index contributed by atoms with van der Waals surface area (Å²) in [5.74, 6) is 1.78. The van der Waals surface area contributed by atoms with Gasteiger partial charge in [-0.3, -0.25) is 0 Å². The minimum atomic E-state index is 0.814. The highest BCUT2D eigenvalue weighted by Crippen LogP contribution is 2.31. The molecule has 1 aromatic heterocycles. The van der Waals surface area contributed by atoms with E-state index in [2.05, 4.69) is 42.1 Å². The number of allylic oxidation sites excluding steroid dienone is 2. The predicted octanol–water partition coefficient (Wildman–Crippen LogP) is 3.42. The van der Waals surface area contributed by atoms with Crippen LogP contribution in [0.3, 0.4) is 0 Å². The highest BCUT2D eigenvalue weighted by Gasteiger charge is 2.15. The highest BCUT2D eigenvalue weighted by atomic mass is 15.0. The molecule has 0 saturated carbocycles. The van der Waals surface area contributed by atoms with Crippen molar-refractivity contribution in [2.45, 2.75) is 40.0 Å². The van der Waals surface area contributed by atoms with Crippen LogP contribution in [0.2, 0.25) is 0 Å². The molecule has 1 unspecified atom stereocenters. The largest absolute Gasteiger partial charge is 0.370 e. The summed E-state index contributed by atoms with van der Waals surface area (Å²) in [4.78, 5) is 8.74. The van der Waals surface area contributed by atoms with Crippen molar-refractivity contribution in [3.8, 4) is 0 Å². The number of nitrogens with one attached hydrogen (secondary N) is 1. The third kappa shape index (κ3) is 2.65. The van der Waals surface area contributed by atoms with Crippen molar-refractivity contribution < 1.29 is 0 Å². The maximum atomic E-state index is 4.45. The fourth-order valence-corrected chi connectivity index (χ4v) is 2.30. The van der Waals surface area contributed by atoms with Crippen LogP contribution in [0.15, 0.2) is 12.4 Å². The van der Waals surface area contributed by atoms with Crippen LogP contribution in [0.1, 0.15) is 44.4 Å². The number of hydrogen-bond acceptors (Lipinski definition) is 3. The van der Waals surface area contributed by atoms with Crippen molar-refractivity contribution in [3.05, 3.63) is 23.7 Å². The lowest BCUT2D eigenvalue weighted by molar-refractivity contribution is 0.533. The smallest absolute Gasteiger partial charge is 0.132 e. The van der Waals surface area contributed by atoms with Gasteiger partial charge in [0.15, 0.2) is 0 Å². The van der Waals surface area contributed by atoms with Crippen LogP contribution in [0.4, 0.5) is 5.82 Å². The van der Waals surface area contributed by atoms with Crippen LogP contribution in [0.25, 0.3) is 5.57 Å². The van der Waals surface area contributed by atoms with E-state index in [1.165, 1.54) is 24.0 Å². The lowest BCUT2D eigenvalue weighted by atomic mass is 9.88. The summed E-state index contributed by atoms with van der Waals surface area (Å²) in [7, 11) is 0. The van der Waals surface area contributed by atoms with Gasteiger partial charge >= 0.3 is 0 Å². The van der Waals surface area contributed by atoms with Gasteiger partial charge in [0.2, 0.25) is 0 Å². The molecule has 0 fully saturated rings. The quantitative estimate of drug-likeness (QED) is 0.866. The Kier molecular flexibility index (Phi) is 3.77. The van der Waals surface area contributed by atoms with Crippen molar-refractivity contribution in [2.75, 3.05) is 11.9 Å². The minimum absolute atomic E-state index is 0.814. The van der Waals surface area contributed by atoms with Crippen LogP contribution in [-0.4, -0.2) is 16.5 Å². The van der Waals surface area contributed by atoms with E-state index in [9.17, 15) is 0 Å². The Bertz CT molecular complexity index is 423. The first-order chi connectivity index (χ1) is 8.22. The van der Waals surface area contributed by atoms with E-state index in [0.29, 0.717) is 0 Å². The molecule has 0 spiro atoms. The zero-order chi connectivity index (χ0) is 12.3. The second-order valence-electron chi connectivity index (χ2n) is 4.84. The van der Waals surface area contributed by atoms with E-state index in [0.717, 1.165) is 30.4 Å². The van der Waals surface area contributed by atoms with Crippen molar-refractivity contribution >= 4 is 11.4 Å². The molecule has 17 heavy (non-hydrogen) atoms. The second-order valence-corrected chi connectivity index (χ2v) is 4.84. The van der Waals surface area contributed by atoms with E-state index in [1.807, 2.05) is 0 Å². The first-order valence-electron chi connectivity index (χ1n) is 6.47. The van der Waals surface area contributed by atoms with E-state index >= 15 is 0 Å². The standard InChI is InChI=1S/C14H21N3/c1-4-15-14-11(3)13(16-9-17-14)12-7-5-10(2)6-8-12/h7,9-10H,4-6,8H2,1-3H3,(H,15,16,17). The van der Waals surface area contributed by atoms with Crippen LogP contribution in [-0.2, 0) is 0 Å². The van der Waals surface area contributed by atoms with Gasteiger partial charge in [-0.05, 0) is 44.6 Å². The molecule has 1 aliphatic rings. The van der Waals surface area contributed by atoms with E-state index in [4.69, 9.17) is 0 Å². The van der Waals surface area contributed by atoms with Crippen molar-refractivity contribution in [2.24, 2.45) is 5.92 Å². The zero-order valence-corrected chi connectivity index (χ0v) is 11.0. The molecule has 0 amide bonds. The molecule has 0 saturated heterocycles. The molecule has 1 N–H and O–H groups in total. The van der Waals surface area contributed by atoms with Gasteiger partial charge in [0, 0.05) is 12.1 Å². The monoisotopic (exact) mass is 231 g/mol. The molecular weight excluding hydrogens is 210 g/mol. The molecule has 92 valence electrons. The molecule has 1 atom stereocenters. The third-order valence-corrected chi connectivity index (χ3v) is 3.41. The summed E-state index contributed by atoms with van der Waals surface area (Å²) in [5.41, 5.74) is 3.69. The number of hydrogen-bond donors (Lipinski definition) is 1. The number of rotatable bonds is 3. The molecule has 3 heteroatoms. The third-order valence-electron chi connectivity index (χ3n) is 3.41. The number of nitrogens with zero attached hydrogens (tertiary/aromatic N) is 2. The fourth-order valence-electron chi connectivity index (χ4n) is 2.30. The molecule has 2 rings (SSSR count). The predicted molar refractivity (Wildman–Crippen MR) is 71.9 cm³/mol. The molecule has 0 aliphatic heterocycles. The molecule has 0 radical (unpaired) electrons. The van der Waals surface area contributed by atoms with Crippen LogP contribution in [0.5, 0.6) is 0 Å². The Morgan fingerprint density at radius 1 is 1.41 bits per heavy atom. The molecule has 1 aromatic rings. The zero-order valence-electron chi connectivity index (χ0n) is 11.0. The maximum absolute atomic E-state index is 4.45. The lowest BCUT2D eigenvalue weighted by Gasteiger charge is -2.19. The van der Waals surface area contributed by atoms with Gasteiger partial charge in [-0.1, -0.05) is 13.0 Å². The molecule has 1 heterocycles. The average Bonchev–Trinajstić information content (AvgIpc) is 2.34. The lowest BCUT2D eigenvalue weighted by Crippen LogP contribution is -2.07. The van der Waals surface area contributed by atoms with E-state index in [1.54, 1.807) is 6.33 Å². The van der Waals surface area contributed by atoms with E-state index < -0.39 is 0 Å². The van der Waals surface area contributed by atoms with Gasteiger partial charge < -0.3 is 5.32 Å². The molecule has 3 nitrogen and oxygen atoms in total. The summed E-state index contributed by atoms with van der Waals surface area (Å²) in [5, 5.41) is 3.29. The van der Waals surface area contributed by atoms with Gasteiger partial charge in [0.1, 0.15) is 12.1 Å². The molecule has 1 aliphatic carbocycles. The molecular formula is C14H21N3. The Morgan fingerprint density at radius 3 is 2.88 bits per heavy atom. The molecule has 0 aromatic carbocycles. The Hall–Kier alpha value is -1.38. The topological polar surface area (TPSA) is 37.8 Å². The van der Waals surface area contributed by atoms with Crippen molar-refractivity contribution in [1.29, 1.82) is 0 Å². The summed E-state index contributed by atoms with van der Waals surface area (Å²) in [6, 6.07) is 0. The van der Waals surface area contributed by atoms with Crippen LogP contribution >= 0.6 is 0 Å². The number of anilines is 1. The Balaban J connectivity index is 2.29. The van der Waals surface area contributed by atoms with Gasteiger partial charge in [-0.15, -0.1) is 0 Å². The normalized spacial score (nSPS) is 19.9. The van der Waals surface area contributed by atoms with Crippen LogP contribution < -0.4 is 5.32 Å².